The Kier molecular flexibility index (Phi) is 6.62. The summed E-state index contributed by atoms with van der Waals surface area (Å²) in [6.07, 6.45) is 0.664. The van der Waals surface area contributed by atoms with Crippen molar-refractivity contribution >= 4 is 17.1 Å². The number of nitrogens with zero attached hydrogens (tertiary/aromatic N) is 5. The zero-order chi connectivity index (χ0) is 26.0. The Bertz CT molecular complexity index is 1480. The minimum atomic E-state index is -0.242. The molecule has 9 nitrogen and oxygen atoms in total. The van der Waals surface area contributed by atoms with Crippen LogP contribution in [-0.4, -0.2) is 44.8 Å². The lowest BCUT2D eigenvalue weighted by Crippen LogP contribution is -2.21. The normalized spacial score (nSPS) is 11.2. The van der Waals surface area contributed by atoms with Gasteiger partial charge in [-0.15, -0.1) is 0 Å². The standard InChI is InChI=1S/C27H28N6O3/c1-7-21-29-22-23(30-21)31-26(36-20-13-16(15-28)11-12-19(20)27(2,3)4)32-24(22)35-18-10-8-9-17(14-18)25(34)33(5)6/h8-14H,7H2,1-6H3,(H,29,30,31,32). The van der Waals surface area contributed by atoms with Gasteiger partial charge in [-0.05, 0) is 35.7 Å². The average Bonchev–Trinajstić information content (AvgIpc) is 3.26. The van der Waals surface area contributed by atoms with Crippen LogP contribution in [0.25, 0.3) is 11.2 Å². The molecule has 0 radical (unpaired) electrons. The van der Waals surface area contributed by atoms with E-state index in [9.17, 15) is 10.1 Å². The molecule has 4 rings (SSSR count). The molecule has 0 saturated carbocycles. The van der Waals surface area contributed by atoms with E-state index in [1.165, 1.54) is 4.90 Å². The molecule has 0 atom stereocenters. The number of aromatic amines is 1. The Morgan fingerprint density at radius 1 is 1.08 bits per heavy atom. The first-order valence-corrected chi connectivity index (χ1v) is 11.6. The summed E-state index contributed by atoms with van der Waals surface area (Å²) in [6, 6.07) is 14.4. The number of H-pyrrole nitrogens is 1. The SMILES string of the molecule is CCc1nc2nc(Oc3cc(C#N)ccc3C(C)(C)C)nc(Oc3cccc(C(=O)N(C)C)c3)c2[nH]1. The first kappa shape index (κ1) is 24.7. The lowest BCUT2D eigenvalue weighted by atomic mass is 9.86. The lowest BCUT2D eigenvalue weighted by molar-refractivity contribution is 0.0827. The zero-order valence-corrected chi connectivity index (χ0v) is 21.2. The number of aromatic nitrogens is 4. The number of nitrogens with one attached hydrogen (secondary N) is 1. The van der Waals surface area contributed by atoms with E-state index in [0.29, 0.717) is 40.2 Å². The van der Waals surface area contributed by atoms with Gasteiger partial charge in [0.1, 0.15) is 22.8 Å². The largest absolute Gasteiger partial charge is 0.437 e. The molecule has 2 heterocycles. The van der Waals surface area contributed by atoms with Gasteiger partial charge in [0.2, 0.25) is 0 Å². The molecule has 36 heavy (non-hydrogen) atoms. The predicted molar refractivity (Wildman–Crippen MR) is 136 cm³/mol. The van der Waals surface area contributed by atoms with Gasteiger partial charge in [-0.3, -0.25) is 4.79 Å². The molecule has 4 aromatic rings. The van der Waals surface area contributed by atoms with Crippen molar-refractivity contribution in [2.45, 2.75) is 39.5 Å². The Hall–Kier alpha value is -4.45. The fourth-order valence-corrected chi connectivity index (χ4v) is 3.64. The number of hydrogen-bond acceptors (Lipinski definition) is 7. The molecule has 0 aliphatic carbocycles. The molecule has 0 bridgehead atoms. The number of hydrogen-bond donors (Lipinski definition) is 1. The maximum absolute atomic E-state index is 12.4. The van der Waals surface area contributed by atoms with Crippen LogP contribution in [0.1, 0.15) is 55.0 Å². The number of imidazole rings is 1. The molecule has 184 valence electrons. The van der Waals surface area contributed by atoms with Gasteiger partial charge < -0.3 is 19.4 Å². The second-order valence-corrected chi connectivity index (χ2v) is 9.55. The minimum Gasteiger partial charge on any atom is -0.437 e. The number of nitriles is 1. The summed E-state index contributed by atoms with van der Waals surface area (Å²) in [6.45, 7) is 8.15. The van der Waals surface area contributed by atoms with Crippen molar-refractivity contribution in [2.24, 2.45) is 0 Å². The quantitative estimate of drug-likeness (QED) is 0.391. The number of aryl methyl sites for hydroxylation is 1. The molecule has 1 amide bonds. The third-order valence-electron chi connectivity index (χ3n) is 5.50. The number of amides is 1. The van der Waals surface area contributed by atoms with Crippen molar-refractivity contribution in [1.82, 2.24) is 24.8 Å². The minimum absolute atomic E-state index is 0.0350. The first-order valence-electron chi connectivity index (χ1n) is 11.6. The zero-order valence-electron chi connectivity index (χ0n) is 21.2. The lowest BCUT2D eigenvalue weighted by Gasteiger charge is -2.22. The van der Waals surface area contributed by atoms with Crippen molar-refractivity contribution in [3.05, 3.63) is 65.0 Å². The molecule has 0 unspecified atom stereocenters. The van der Waals surface area contributed by atoms with E-state index in [1.54, 1.807) is 50.5 Å². The Morgan fingerprint density at radius 2 is 1.86 bits per heavy atom. The maximum atomic E-state index is 12.4. The third kappa shape index (κ3) is 5.13. The summed E-state index contributed by atoms with van der Waals surface area (Å²) in [5.41, 5.74) is 2.52. The summed E-state index contributed by atoms with van der Waals surface area (Å²) in [7, 11) is 3.38. The predicted octanol–water partition coefficient (Wildman–Crippen LogP) is 5.37. The van der Waals surface area contributed by atoms with Crippen molar-refractivity contribution in [1.29, 1.82) is 5.26 Å². The molecular formula is C27H28N6O3. The smallest absolute Gasteiger partial charge is 0.327 e. The topological polar surface area (TPSA) is 117 Å². The molecule has 2 aromatic carbocycles. The number of benzene rings is 2. The molecule has 0 aliphatic rings. The number of carbonyl (C=O) groups excluding carboxylic acids is 1. The van der Waals surface area contributed by atoms with Gasteiger partial charge in [0.05, 0.1) is 11.6 Å². The van der Waals surface area contributed by atoms with Crippen LogP contribution in [0.15, 0.2) is 42.5 Å². The van der Waals surface area contributed by atoms with Crippen LogP contribution < -0.4 is 9.47 Å². The second-order valence-electron chi connectivity index (χ2n) is 9.55. The number of fused-ring (bicyclic) bond motifs is 1. The molecular weight excluding hydrogens is 456 g/mol. The van der Waals surface area contributed by atoms with Crippen LogP contribution >= 0.6 is 0 Å². The van der Waals surface area contributed by atoms with E-state index in [1.807, 2.05) is 13.0 Å². The summed E-state index contributed by atoms with van der Waals surface area (Å²) in [5, 5.41) is 9.40. The van der Waals surface area contributed by atoms with E-state index in [4.69, 9.17) is 9.47 Å². The van der Waals surface area contributed by atoms with Gasteiger partial charge in [-0.25, -0.2) is 4.98 Å². The highest BCUT2D eigenvalue weighted by atomic mass is 16.5. The monoisotopic (exact) mass is 484 g/mol. The number of ether oxygens (including phenoxy) is 2. The van der Waals surface area contributed by atoms with Crippen molar-refractivity contribution in [3.63, 3.8) is 0 Å². The summed E-state index contributed by atoms with van der Waals surface area (Å²) < 4.78 is 12.2. The van der Waals surface area contributed by atoms with E-state index in [0.717, 1.165) is 11.4 Å². The summed E-state index contributed by atoms with van der Waals surface area (Å²) >= 11 is 0. The van der Waals surface area contributed by atoms with Gasteiger partial charge in [0.25, 0.3) is 11.8 Å². The molecule has 0 spiro atoms. The summed E-state index contributed by atoms with van der Waals surface area (Å²) in [4.78, 5) is 30.7. The Labute approximate surface area is 209 Å². The molecule has 9 heteroatoms. The molecule has 0 aliphatic heterocycles. The van der Waals surface area contributed by atoms with Crippen LogP contribution in [0.5, 0.6) is 23.4 Å². The van der Waals surface area contributed by atoms with E-state index in [2.05, 4.69) is 46.8 Å². The van der Waals surface area contributed by atoms with Crippen LogP contribution in [0.4, 0.5) is 0 Å². The molecule has 0 fully saturated rings. The van der Waals surface area contributed by atoms with Crippen molar-refractivity contribution in [2.75, 3.05) is 14.1 Å². The van der Waals surface area contributed by atoms with Gasteiger partial charge in [-0.1, -0.05) is 39.8 Å². The second kappa shape index (κ2) is 9.66. The fraction of sp³-hybridized carbons (Fsp3) is 0.296. The first-order chi connectivity index (χ1) is 17.1. The third-order valence-corrected chi connectivity index (χ3v) is 5.50. The molecule has 0 saturated heterocycles. The van der Waals surface area contributed by atoms with Gasteiger partial charge in [-0.2, -0.15) is 15.2 Å². The molecule has 2 aromatic heterocycles. The number of rotatable bonds is 6. The van der Waals surface area contributed by atoms with Crippen LogP contribution in [0, 0.1) is 11.3 Å². The van der Waals surface area contributed by atoms with E-state index in [-0.39, 0.29) is 23.2 Å². The Balaban J connectivity index is 1.79. The van der Waals surface area contributed by atoms with Crippen molar-refractivity contribution in [3.8, 4) is 29.5 Å². The highest BCUT2D eigenvalue weighted by Gasteiger charge is 2.22. The van der Waals surface area contributed by atoms with E-state index < -0.39 is 0 Å². The van der Waals surface area contributed by atoms with Crippen LogP contribution in [-0.2, 0) is 11.8 Å². The molecule has 1 N–H and O–H groups in total. The number of carbonyl (C=O) groups is 1. The average molecular weight is 485 g/mol. The van der Waals surface area contributed by atoms with Gasteiger partial charge in [0.15, 0.2) is 5.65 Å². The fourth-order valence-electron chi connectivity index (χ4n) is 3.64. The highest BCUT2D eigenvalue weighted by molar-refractivity contribution is 5.94. The van der Waals surface area contributed by atoms with E-state index >= 15 is 0 Å². The van der Waals surface area contributed by atoms with Crippen molar-refractivity contribution < 1.29 is 14.3 Å². The Morgan fingerprint density at radius 3 is 2.53 bits per heavy atom. The van der Waals surface area contributed by atoms with Crippen LogP contribution in [0.2, 0.25) is 0 Å². The van der Waals surface area contributed by atoms with Crippen LogP contribution in [0.3, 0.4) is 0 Å². The maximum Gasteiger partial charge on any atom is 0.327 e. The summed E-state index contributed by atoms with van der Waals surface area (Å²) in [5.74, 6) is 1.71. The van der Waals surface area contributed by atoms with Gasteiger partial charge >= 0.3 is 6.01 Å². The highest BCUT2D eigenvalue weighted by Crippen LogP contribution is 2.36. The van der Waals surface area contributed by atoms with Gasteiger partial charge in [0, 0.05) is 31.6 Å².